The molecule has 132 valence electrons. The molecule has 3 rings (SSSR count). The highest BCUT2D eigenvalue weighted by Crippen LogP contribution is 2.24. The van der Waals surface area contributed by atoms with E-state index in [4.69, 9.17) is 15.9 Å². The van der Waals surface area contributed by atoms with Gasteiger partial charge in [-0.25, -0.2) is 4.79 Å². The van der Waals surface area contributed by atoms with Crippen LogP contribution in [-0.4, -0.2) is 24.2 Å². The number of aromatic amines is 1. The molecule has 2 N–H and O–H groups in total. The van der Waals surface area contributed by atoms with Crippen LogP contribution in [0.1, 0.15) is 11.1 Å². The van der Waals surface area contributed by atoms with E-state index in [0.717, 1.165) is 27.8 Å². The lowest BCUT2D eigenvalue weighted by molar-refractivity contribution is 0.140. The molecule has 0 radical (unpaired) electrons. The number of fused-ring (bicyclic) bond motifs is 1. The number of ether oxygens (including phenoxy) is 2. The van der Waals surface area contributed by atoms with Gasteiger partial charge in [0, 0.05) is 23.6 Å². The number of H-pyrrole nitrogens is 1. The Hall–Kier alpha value is -3.39. The number of carbonyl (C=O) groups excluding carboxylic acids is 1. The standard InChI is InChI=1S/C21H20N2O3/c1-2-12-25-18-8-9-20-19(13-18)17(14-23-20)10-11-22-21(24)26-15-16-6-4-3-5-7-16/h1,3-9,13-14,23H,10-12,15H2,(H,22,24). The molecule has 0 spiro atoms. The van der Waals surface area contributed by atoms with Gasteiger partial charge in [0.15, 0.2) is 0 Å². The molecule has 2 aromatic carbocycles. The highest BCUT2D eigenvalue weighted by atomic mass is 16.5. The number of alkyl carbamates (subject to hydrolysis) is 1. The zero-order valence-corrected chi connectivity index (χ0v) is 14.3. The monoisotopic (exact) mass is 348 g/mol. The Bertz CT molecular complexity index is 910. The first-order valence-electron chi connectivity index (χ1n) is 8.37. The fourth-order valence-corrected chi connectivity index (χ4v) is 2.65. The van der Waals surface area contributed by atoms with Crippen LogP contribution < -0.4 is 10.1 Å². The fraction of sp³-hybridized carbons (Fsp3) is 0.190. The summed E-state index contributed by atoms with van der Waals surface area (Å²) in [6.07, 6.45) is 7.41. The number of hydrogen-bond acceptors (Lipinski definition) is 3. The Morgan fingerprint density at radius 2 is 2.04 bits per heavy atom. The molecule has 0 aliphatic rings. The summed E-state index contributed by atoms with van der Waals surface area (Å²) < 4.78 is 10.7. The number of rotatable bonds is 7. The van der Waals surface area contributed by atoms with Crippen molar-refractivity contribution in [2.75, 3.05) is 13.2 Å². The van der Waals surface area contributed by atoms with Crippen molar-refractivity contribution in [1.29, 1.82) is 0 Å². The summed E-state index contributed by atoms with van der Waals surface area (Å²) in [6, 6.07) is 15.4. The molecule has 1 amide bonds. The summed E-state index contributed by atoms with van der Waals surface area (Å²) in [6.45, 7) is 0.978. The maximum absolute atomic E-state index is 11.8. The largest absolute Gasteiger partial charge is 0.481 e. The number of carbonyl (C=O) groups is 1. The lowest BCUT2D eigenvalue weighted by Gasteiger charge is -2.07. The Morgan fingerprint density at radius 1 is 1.19 bits per heavy atom. The molecule has 0 saturated heterocycles. The van der Waals surface area contributed by atoms with Crippen LogP contribution in [0.3, 0.4) is 0 Å². The van der Waals surface area contributed by atoms with Crippen molar-refractivity contribution in [2.45, 2.75) is 13.0 Å². The molecule has 5 nitrogen and oxygen atoms in total. The van der Waals surface area contributed by atoms with E-state index in [2.05, 4.69) is 16.2 Å². The topological polar surface area (TPSA) is 63.3 Å². The number of benzene rings is 2. The predicted octanol–water partition coefficient (Wildman–Crippen LogP) is 3.65. The summed E-state index contributed by atoms with van der Waals surface area (Å²) in [5, 5.41) is 3.83. The van der Waals surface area contributed by atoms with Gasteiger partial charge in [-0.3, -0.25) is 0 Å². The molecule has 26 heavy (non-hydrogen) atoms. The van der Waals surface area contributed by atoms with Crippen LogP contribution >= 0.6 is 0 Å². The van der Waals surface area contributed by atoms with Crippen molar-refractivity contribution in [3.8, 4) is 18.1 Å². The number of hydrogen-bond donors (Lipinski definition) is 2. The van der Waals surface area contributed by atoms with Crippen LogP contribution in [0.25, 0.3) is 10.9 Å². The summed E-state index contributed by atoms with van der Waals surface area (Å²) in [4.78, 5) is 15.0. The first-order chi connectivity index (χ1) is 12.8. The predicted molar refractivity (Wildman–Crippen MR) is 101 cm³/mol. The SMILES string of the molecule is C#CCOc1ccc2[nH]cc(CCNC(=O)OCc3ccccc3)c2c1. The summed E-state index contributed by atoms with van der Waals surface area (Å²) in [7, 11) is 0. The van der Waals surface area contributed by atoms with Gasteiger partial charge >= 0.3 is 6.09 Å². The van der Waals surface area contributed by atoms with E-state index in [-0.39, 0.29) is 13.2 Å². The Morgan fingerprint density at radius 3 is 2.85 bits per heavy atom. The number of aromatic nitrogens is 1. The molecule has 1 aromatic heterocycles. The van der Waals surface area contributed by atoms with Crippen molar-refractivity contribution in [1.82, 2.24) is 10.3 Å². The van der Waals surface area contributed by atoms with Crippen LogP contribution in [0, 0.1) is 12.3 Å². The van der Waals surface area contributed by atoms with Crippen LogP contribution in [0.4, 0.5) is 4.79 Å². The Labute approximate surface area is 152 Å². The third-order valence-corrected chi connectivity index (χ3v) is 3.94. The van der Waals surface area contributed by atoms with Gasteiger partial charge < -0.3 is 19.8 Å². The van der Waals surface area contributed by atoms with Crippen molar-refractivity contribution in [2.24, 2.45) is 0 Å². The zero-order valence-electron chi connectivity index (χ0n) is 14.3. The van der Waals surface area contributed by atoms with Gasteiger partial charge in [0.05, 0.1) is 0 Å². The normalized spacial score (nSPS) is 10.3. The first kappa shape index (κ1) is 17.4. The smallest absolute Gasteiger partial charge is 0.407 e. The van der Waals surface area contributed by atoms with Gasteiger partial charge in [-0.15, -0.1) is 6.42 Å². The average Bonchev–Trinajstić information content (AvgIpc) is 3.08. The molecule has 0 aliphatic heterocycles. The summed E-state index contributed by atoms with van der Waals surface area (Å²) in [5.74, 6) is 3.18. The first-order valence-corrected chi connectivity index (χ1v) is 8.37. The van der Waals surface area contributed by atoms with E-state index >= 15 is 0 Å². The van der Waals surface area contributed by atoms with E-state index in [9.17, 15) is 4.79 Å². The highest BCUT2D eigenvalue weighted by molar-refractivity contribution is 5.84. The molecule has 3 aromatic rings. The molecule has 1 heterocycles. The third-order valence-electron chi connectivity index (χ3n) is 3.94. The minimum Gasteiger partial charge on any atom is -0.481 e. The van der Waals surface area contributed by atoms with Gasteiger partial charge in [-0.2, -0.15) is 0 Å². The molecule has 0 aliphatic carbocycles. The van der Waals surface area contributed by atoms with Crippen LogP contribution in [0.2, 0.25) is 0 Å². The molecular weight excluding hydrogens is 328 g/mol. The van der Waals surface area contributed by atoms with Crippen LogP contribution in [0.15, 0.2) is 54.7 Å². The van der Waals surface area contributed by atoms with Gasteiger partial charge in [0.1, 0.15) is 19.0 Å². The molecular formula is C21H20N2O3. The second-order valence-corrected chi connectivity index (χ2v) is 5.75. The highest BCUT2D eigenvalue weighted by Gasteiger charge is 2.07. The molecule has 0 atom stereocenters. The second-order valence-electron chi connectivity index (χ2n) is 5.75. The average molecular weight is 348 g/mol. The molecule has 0 bridgehead atoms. The van der Waals surface area contributed by atoms with Crippen molar-refractivity contribution >= 4 is 17.0 Å². The maximum atomic E-state index is 11.8. The Kier molecular flexibility index (Phi) is 5.79. The summed E-state index contributed by atoms with van der Waals surface area (Å²) >= 11 is 0. The number of nitrogens with one attached hydrogen (secondary N) is 2. The number of amides is 1. The number of terminal acetylenes is 1. The van der Waals surface area contributed by atoms with E-state index in [0.29, 0.717) is 13.0 Å². The fourth-order valence-electron chi connectivity index (χ4n) is 2.65. The molecule has 0 fully saturated rings. The van der Waals surface area contributed by atoms with Gasteiger partial charge in [-0.1, -0.05) is 36.3 Å². The zero-order chi connectivity index (χ0) is 18.2. The Balaban J connectivity index is 1.51. The molecule has 0 saturated carbocycles. The molecule has 5 heteroatoms. The quantitative estimate of drug-likeness (QED) is 0.641. The minimum absolute atomic E-state index is 0.236. The van der Waals surface area contributed by atoms with E-state index in [1.807, 2.05) is 54.7 Å². The maximum Gasteiger partial charge on any atom is 0.407 e. The van der Waals surface area contributed by atoms with Gasteiger partial charge in [-0.05, 0) is 35.7 Å². The molecule has 0 unspecified atom stereocenters. The van der Waals surface area contributed by atoms with E-state index in [1.165, 1.54) is 0 Å². The van der Waals surface area contributed by atoms with Gasteiger partial charge in [0.25, 0.3) is 0 Å². The van der Waals surface area contributed by atoms with Crippen molar-refractivity contribution in [3.63, 3.8) is 0 Å². The van der Waals surface area contributed by atoms with Crippen LogP contribution in [0.5, 0.6) is 5.75 Å². The lowest BCUT2D eigenvalue weighted by Crippen LogP contribution is -2.26. The van der Waals surface area contributed by atoms with Crippen LogP contribution in [-0.2, 0) is 17.8 Å². The lowest BCUT2D eigenvalue weighted by atomic mass is 10.1. The van der Waals surface area contributed by atoms with Gasteiger partial charge in [0.2, 0.25) is 0 Å². The minimum atomic E-state index is -0.424. The van der Waals surface area contributed by atoms with E-state index in [1.54, 1.807) is 0 Å². The third kappa shape index (κ3) is 4.58. The summed E-state index contributed by atoms with van der Waals surface area (Å²) in [5.41, 5.74) is 3.06. The van der Waals surface area contributed by atoms with Crippen molar-refractivity contribution < 1.29 is 14.3 Å². The van der Waals surface area contributed by atoms with E-state index < -0.39 is 6.09 Å². The van der Waals surface area contributed by atoms with Crippen molar-refractivity contribution in [3.05, 3.63) is 65.9 Å². The second kappa shape index (κ2) is 8.63.